The van der Waals surface area contributed by atoms with Crippen LogP contribution in [0.4, 0.5) is 17.1 Å². The Morgan fingerprint density at radius 3 is 1.64 bits per heavy atom. The average molecular weight is 715 g/mol. The van der Waals surface area contributed by atoms with Crippen LogP contribution in [0.15, 0.2) is 217 Å². The van der Waals surface area contributed by atoms with Crippen molar-refractivity contribution in [1.29, 1.82) is 0 Å². The van der Waals surface area contributed by atoms with Gasteiger partial charge in [0.1, 0.15) is 0 Å². The molecule has 0 N–H and O–H groups in total. The van der Waals surface area contributed by atoms with Gasteiger partial charge in [-0.1, -0.05) is 146 Å². The van der Waals surface area contributed by atoms with Gasteiger partial charge in [0.15, 0.2) is 0 Å². The van der Waals surface area contributed by atoms with E-state index in [4.69, 9.17) is 0 Å². The minimum atomic E-state index is 1.02. The predicted molar refractivity (Wildman–Crippen MR) is 237 cm³/mol. The van der Waals surface area contributed by atoms with Gasteiger partial charge in [-0.15, -0.1) is 0 Å². The van der Waals surface area contributed by atoms with Crippen molar-refractivity contribution in [3.63, 3.8) is 0 Å². The van der Waals surface area contributed by atoms with E-state index < -0.39 is 0 Å². The van der Waals surface area contributed by atoms with Crippen LogP contribution in [0.1, 0.15) is 18.4 Å². The fourth-order valence-electron chi connectivity index (χ4n) is 8.87. The highest BCUT2D eigenvalue weighted by atomic mass is 15.1. The van der Waals surface area contributed by atoms with Gasteiger partial charge < -0.3 is 9.47 Å². The number of fused-ring (bicyclic) bond motifs is 5. The molecule has 2 heteroatoms. The van der Waals surface area contributed by atoms with E-state index in [1.54, 1.807) is 0 Å². The lowest BCUT2D eigenvalue weighted by Crippen LogP contribution is -2.10. The first-order valence-electron chi connectivity index (χ1n) is 19.5. The minimum absolute atomic E-state index is 1.02. The normalized spacial score (nSPS) is 13.5. The van der Waals surface area contributed by atoms with Gasteiger partial charge in [-0.05, 0) is 129 Å². The summed E-state index contributed by atoms with van der Waals surface area (Å²) in [5.41, 5.74) is 17.4. The first-order valence-corrected chi connectivity index (χ1v) is 19.5. The first kappa shape index (κ1) is 32.3. The summed E-state index contributed by atoms with van der Waals surface area (Å²) < 4.78 is 2.41. The second-order valence-corrected chi connectivity index (χ2v) is 14.9. The molecule has 0 atom stereocenters. The SMILES string of the molecule is C1=CC2=C(C=C(c3ccc(N(c4ccc(-c5ccc(-c6ccccc6)cc5)cc4)c4ccc(-n5c6ccccc6c6c7ccccc7ccc65)cc4)cc3)C2)C1. The van der Waals surface area contributed by atoms with Crippen LogP contribution >= 0.6 is 0 Å². The highest BCUT2D eigenvalue weighted by molar-refractivity contribution is 6.21. The summed E-state index contributed by atoms with van der Waals surface area (Å²) in [6.07, 6.45) is 9.03. The topological polar surface area (TPSA) is 8.17 Å². The molecule has 9 aromatic rings. The molecule has 0 radical (unpaired) electrons. The first-order chi connectivity index (χ1) is 27.7. The number of aromatic nitrogens is 1. The van der Waals surface area contributed by atoms with Gasteiger partial charge in [0, 0.05) is 33.5 Å². The molecule has 0 fully saturated rings. The van der Waals surface area contributed by atoms with Crippen molar-refractivity contribution in [2.45, 2.75) is 12.8 Å². The van der Waals surface area contributed by atoms with Gasteiger partial charge in [-0.3, -0.25) is 0 Å². The summed E-state index contributed by atoms with van der Waals surface area (Å²) in [6.45, 7) is 0. The minimum Gasteiger partial charge on any atom is -0.311 e. The maximum atomic E-state index is 2.41. The summed E-state index contributed by atoms with van der Waals surface area (Å²) in [6, 6.07) is 68.6. The number of para-hydroxylation sites is 1. The van der Waals surface area contributed by atoms with E-state index in [2.05, 4.69) is 216 Å². The Kier molecular flexibility index (Phi) is 7.67. The molecule has 0 aliphatic heterocycles. The van der Waals surface area contributed by atoms with Crippen LogP contribution in [0.2, 0.25) is 0 Å². The van der Waals surface area contributed by atoms with Crippen molar-refractivity contribution < 1.29 is 0 Å². The van der Waals surface area contributed by atoms with Crippen LogP contribution in [0.5, 0.6) is 0 Å². The summed E-state index contributed by atoms with van der Waals surface area (Å²) in [5, 5.41) is 5.12. The third-order valence-corrected chi connectivity index (χ3v) is 11.7. The third-order valence-electron chi connectivity index (χ3n) is 11.7. The van der Waals surface area contributed by atoms with Crippen molar-refractivity contribution in [1.82, 2.24) is 4.57 Å². The zero-order chi connectivity index (χ0) is 37.0. The Morgan fingerprint density at radius 2 is 0.964 bits per heavy atom. The molecular weight excluding hydrogens is 677 g/mol. The number of rotatable bonds is 7. The highest BCUT2D eigenvalue weighted by Gasteiger charge is 2.20. The van der Waals surface area contributed by atoms with E-state index in [9.17, 15) is 0 Å². The second kappa shape index (κ2) is 13.3. The smallest absolute Gasteiger partial charge is 0.0547 e. The number of allylic oxidation sites excluding steroid dienone is 6. The molecule has 0 bridgehead atoms. The molecule has 2 aliphatic carbocycles. The number of anilines is 3. The number of benzene rings is 8. The van der Waals surface area contributed by atoms with Crippen LogP contribution in [0.25, 0.3) is 66.1 Å². The van der Waals surface area contributed by atoms with Crippen LogP contribution in [0, 0.1) is 0 Å². The highest BCUT2D eigenvalue weighted by Crippen LogP contribution is 2.42. The Bertz CT molecular complexity index is 3010. The fraction of sp³-hybridized carbons (Fsp3) is 0.0370. The molecule has 1 aromatic heterocycles. The lowest BCUT2D eigenvalue weighted by molar-refractivity contribution is 1.17. The molecule has 0 amide bonds. The molecule has 2 nitrogen and oxygen atoms in total. The van der Waals surface area contributed by atoms with Gasteiger partial charge in [-0.2, -0.15) is 0 Å². The Hall–Kier alpha value is -7.16. The zero-order valence-corrected chi connectivity index (χ0v) is 30.9. The largest absolute Gasteiger partial charge is 0.311 e. The Labute approximate surface area is 327 Å². The van der Waals surface area contributed by atoms with Crippen LogP contribution in [0.3, 0.4) is 0 Å². The van der Waals surface area contributed by atoms with Gasteiger partial charge in [0.2, 0.25) is 0 Å². The zero-order valence-electron chi connectivity index (χ0n) is 30.9. The quantitative estimate of drug-likeness (QED) is 0.160. The molecule has 0 spiro atoms. The fourth-order valence-corrected chi connectivity index (χ4v) is 8.87. The Morgan fingerprint density at radius 1 is 0.411 bits per heavy atom. The molecular formula is C54H38N2. The van der Waals surface area contributed by atoms with Crippen molar-refractivity contribution in [2.75, 3.05) is 4.90 Å². The van der Waals surface area contributed by atoms with E-state index in [0.717, 1.165) is 35.6 Å². The van der Waals surface area contributed by atoms with E-state index in [1.165, 1.54) is 77.1 Å². The summed E-state index contributed by atoms with van der Waals surface area (Å²) in [4.78, 5) is 2.37. The summed E-state index contributed by atoms with van der Waals surface area (Å²) in [7, 11) is 0. The van der Waals surface area contributed by atoms with E-state index in [0.29, 0.717) is 0 Å². The molecule has 0 saturated carbocycles. The lowest BCUT2D eigenvalue weighted by Gasteiger charge is -2.26. The number of hydrogen-bond acceptors (Lipinski definition) is 1. The van der Waals surface area contributed by atoms with Crippen molar-refractivity contribution >= 4 is 55.2 Å². The molecule has 1 heterocycles. The molecule has 56 heavy (non-hydrogen) atoms. The summed E-state index contributed by atoms with van der Waals surface area (Å²) >= 11 is 0. The van der Waals surface area contributed by atoms with Crippen LogP contribution < -0.4 is 4.90 Å². The molecule has 0 saturated heterocycles. The van der Waals surface area contributed by atoms with Gasteiger partial charge in [0.05, 0.1) is 11.0 Å². The van der Waals surface area contributed by atoms with Gasteiger partial charge >= 0.3 is 0 Å². The van der Waals surface area contributed by atoms with Gasteiger partial charge in [-0.25, -0.2) is 0 Å². The third kappa shape index (κ3) is 5.49. The predicted octanol–water partition coefficient (Wildman–Crippen LogP) is 14.8. The van der Waals surface area contributed by atoms with E-state index >= 15 is 0 Å². The molecule has 264 valence electrons. The standard InChI is InChI=1S/C54H38N2/c1-2-9-37(10-3-1)38-17-19-39(20-18-38)40-21-26-46(27-22-40)55(47-28-23-41(24-29-47)45-35-43-12-8-13-44(43)36-45)48-30-32-49(33-31-48)56-52-16-7-6-15-51(52)54-50-14-5-4-11-42(50)25-34-53(54)56/h1-12,14-34,36H,13,35H2. The van der Waals surface area contributed by atoms with E-state index in [-0.39, 0.29) is 0 Å². The Balaban J connectivity index is 0.972. The summed E-state index contributed by atoms with van der Waals surface area (Å²) in [5.74, 6) is 0. The van der Waals surface area contributed by atoms with Crippen LogP contribution in [-0.4, -0.2) is 4.57 Å². The lowest BCUT2D eigenvalue weighted by atomic mass is 10.00. The van der Waals surface area contributed by atoms with E-state index in [1.807, 2.05) is 0 Å². The van der Waals surface area contributed by atoms with Gasteiger partial charge in [0.25, 0.3) is 0 Å². The average Bonchev–Trinajstić information content (AvgIpc) is 3.98. The number of nitrogens with zero attached hydrogens (tertiary/aromatic N) is 2. The second-order valence-electron chi connectivity index (χ2n) is 14.9. The molecule has 11 rings (SSSR count). The van der Waals surface area contributed by atoms with Crippen molar-refractivity contribution in [2.24, 2.45) is 0 Å². The molecule has 8 aromatic carbocycles. The maximum Gasteiger partial charge on any atom is 0.0547 e. The maximum absolute atomic E-state index is 2.41. The monoisotopic (exact) mass is 714 g/mol. The van der Waals surface area contributed by atoms with Crippen molar-refractivity contribution in [3.05, 3.63) is 223 Å². The molecule has 2 aliphatic rings. The number of hydrogen-bond donors (Lipinski definition) is 0. The molecule has 0 unspecified atom stereocenters. The van der Waals surface area contributed by atoms with Crippen LogP contribution in [-0.2, 0) is 0 Å². The van der Waals surface area contributed by atoms with Crippen molar-refractivity contribution in [3.8, 4) is 27.9 Å².